The monoisotopic (exact) mass is 745 g/mol. The van der Waals surface area contributed by atoms with E-state index in [4.69, 9.17) is 15.0 Å². The minimum Gasteiger partial charge on any atom is -0.309 e. The molecule has 0 saturated heterocycles. The quantitative estimate of drug-likeness (QED) is 0.176. The first kappa shape index (κ1) is 31.9. The molecule has 0 amide bonds. The number of hydrogen-bond acceptors (Lipinski definition) is 4. The van der Waals surface area contributed by atoms with Gasteiger partial charge in [-0.25, -0.2) is 15.0 Å². The third-order valence-electron chi connectivity index (χ3n) is 11.1. The summed E-state index contributed by atoms with van der Waals surface area (Å²) in [4.78, 5) is 15.2. The lowest BCUT2D eigenvalue weighted by Gasteiger charge is -2.13. The zero-order chi connectivity index (χ0) is 37.5. The van der Waals surface area contributed by atoms with E-state index in [0.29, 0.717) is 17.5 Å². The first-order valence-electron chi connectivity index (χ1n) is 19.1. The average molecular weight is 746 g/mol. The molecule has 0 fully saturated rings. The van der Waals surface area contributed by atoms with Crippen molar-refractivity contribution in [2.45, 2.75) is 0 Å². The number of nitrogens with zero attached hydrogens (tertiary/aromatic N) is 5. The van der Waals surface area contributed by atoms with Gasteiger partial charge < -0.3 is 9.13 Å². The van der Waals surface area contributed by atoms with Crippen molar-refractivity contribution in [2.24, 2.45) is 0 Å². The number of aromatic nitrogens is 5. The van der Waals surface area contributed by atoms with Crippen LogP contribution in [0, 0.1) is 0 Å². The molecule has 12 rings (SSSR count). The Kier molecular flexibility index (Phi) is 7.03. The van der Waals surface area contributed by atoms with Crippen molar-refractivity contribution in [3.05, 3.63) is 188 Å². The highest BCUT2D eigenvalue weighted by Gasteiger charge is 2.26. The van der Waals surface area contributed by atoms with Gasteiger partial charge in [-0.2, -0.15) is 0 Å². The summed E-state index contributed by atoms with van der Waals surface area (Å²) in [6.45, 7) is 0. The highest BCUT2D eigenvalue weighted by atomic mass is 32.1. The standard InChI is InChI=1S/C51H31N5S/c1-4-17-32(18-5-1)49-52-50(33-19-6-2-7-20-33)54-51(53-49)34-21-16-24-36(31-34)56-41-29-14-11-26-38(41)44-43-37-25-10-13-28-40(37)55(35-22-8-3-9-23-35)46(43)45-39-27-12-15-30-42(39)57-48(45)47(44)56/h1-31H. The van der Waals surface area contributed by atoms with Crippen molar-refractivity contribution >= 4 is 75.1 Å². The van der Waals surface area contributed by atoms with Crippen LogP contribution in [0.1, 0.15) is 0 Å². The number of hydrogen-bond donors (Lipinski definition) is 0. The Balaban J connectivity index is 1.20. The maximum Gasteiger partial charge on any atom is 0.164 e. The normalized spacial score (nSPS) is 11.9. The smallest absolute Gasteiger partial charge is 0.164 e. The van der Waals surface area contributed by atoms with Crippen molar-refractivity contribution in [2.75, 3.05) is 0 Å². The third-order valence-corrected chi connectivity index (χ3v) is 12.3. The fourth-order valence-electron chi connectivity index (χ4n) is 8.72. The van der Waals surface area contributed by atoms with Crippen LogP contribution >= 0.6 is 11.3 Å². The Morgan fingerprint density at radius 1 is 0.351 bits per heavy atom. The largest absolute Gasteiger partial charge is 0.309 e. The molecule has 57 heavy (non-hydrogen) atoms. The van der Waals surface area contributed by atoms with Crippen LogP contribution in [0.25, 0.3) is 109 Å². The molecule has 0 atom stereocenters. The van der Waals surface area contributed by atoms with Gasteiger partial charge in [0, 0.05) is 65.1 Å². The molecule has 4 aromatic heterocycles. The predicted octanol–water partition coefficient (Wildman–Crippen LogP) is 13.4. The molecule has 0 saturated carbocycles. The minimum atomic E-state index is 0.630. The molecule has 4 heterocycles. The van der Waals surface area contributed by atoms with Crippen molar-refractivity contribution in [3.63, 3.8) is 0 Å². The first-order chi connectivity index (χ1) is 28.3. The summed E-state index contributed by atoms with van der Waals surface area (Å²) in [5.41, 5.74) is 9.81. The summed E-state index contributed by atoms with van der Waals surface area (Å²) in [5, 5.41) is 7.52. The number of fused-ring (bicyclic) bond motifs is 12. The fraction of sp³-hybridized carbons (Fsp3) is 0. The van der Waals surface area contributed by atoms with Crippen LogP contribution in [-0.4, -0.2) is 24.1 Å². The third kappa shape index (κ3) is 4.84. The van der Waals surface area contributed by atoms with Crippen LogP contribution in [-0.2, 0) is 0 Å². The molecule has 266 valence electrons. The van der Waals surface area contributed by atoms with E-state index in [1.807, 2.05) is 72.0 Å². The molecule has 0 spiro atoms. The summed E-state index contributed by atoms with van der Waals surface area (Å²) in [6, 6.07) is 66.4. The van der Waals surface area contributed by atoms with Crippen LogP contribution in [0.4, 0.5) is 0 Å². The van der Waals surface area contributed by atoms with Crippen LogP contribution in [0.15, 0.2) is 188 Å². The molecule has 0 aliphatic rings. The topological polar surface area (TPSA) is 48.5 Å². The lowest BCUT2D eigenvalue weighted by atomic mass is 10.0. The number of para-hydroxylation sites is 3. The Morgan fingerprint density at radius 3 is 1.44 bits per heavy atom. The van der Waals surface area contributed by atoms with Gasteiger partial charge in [0.1, 0.15) is 0 Å². The Bertz CT molecular complexity index is 3450. The van der Waals surface area contributed by atoms with Crippen LogP contribution in [0.2, 0.25) is 0 Å². The summed E-state index contributed by atoms with van der Waals surface area (Å²) in [7, 11) is 0. The van der Waals surface area contributed by atoms with E-state index in [1.54, 1.807) is 0 Å². The van der Waals surface area contributed by atoms with Gasteiger partial charge in [0.15, 0.2) is 17.5 Å². The van der Waals surface area contributed by atoms with Gasteiger partial charge in [-0.3, -0.25) is 0 Å². The van der Waals surface area contributed by atoms with Crippen LogP contribution in [0.3, 0.4) is 0 Å². The SMILES string of the molecule is c1ccc(-c2nc(-c3ccccc3)nc(-c3cccc(-n4c5ccccc5c5c6c7ccccc7n(-c7ccccc7)c6c6c7ccccc7sc6c54)c3)n2)cc1. The molecule has 0 aliphatic carbocycles. The van der Waals surface area contributed by atoms with Gasteiger partial charge in [0.2, 0.25) is 0 Å². The van der Waals surface area contributed by atoms with Crippen LogP contribution in [0.5, 0.6) is 0 Å². The average Bonchev–Trinajstić information content (AvgIpc) is 3.95. The molecule has 0 N–H and O–H groups in total. The molecule has 6 heteroatoms. The summed E-state index contributed by atoms with van der Waals surface area (Å²) in [6.07, 6.45) is 0. The predicted molar refractivity (Wildman–Crippen MR) is 238 cm³/mol. The van der Waals surface area contributed by atoms with Gasteiger partial charge >= 0.3 is 0 Å². The fourth-order valence-corrected chi connectivity index (χ4v) is 9.97. The zero-order valence-electron chi connectivity index (χ0n) is 30.5. The molecule has 12 aromatic rings. The first-order valence-corrected chi connectivity index (χ1v) is 19.9. The highest BCUT2D eigenvalue weighted by molar-refractivity contribution is 7.27. The second-order valence-corrected chi connectivity index (χ2v) is 15.4. The Hall–Kier alpha value is -7.41. The van der Waals surface area contributed by atoms with Crippen molar-refractivity contribution in [1.29, 1.82) is 0 Å². The van der Waals surface area contributed by atoms with E-state index in [2.05, 4.69) is 137 Å². The van der Waals surface area contributed by atoms with E-state index < -0.39 is 0 Å². The number of rotatable bonds is 5. The highest BCUT2D eigenvalue weighted by Crippen LogP contribution is 2.51. The van der Waals surface area contributed by atoms with E-state index in [9.17, 15) is 0 Å². The zero-order valence-corrected chi connectivity index (χ0v) is 31.4. The molecule has 0 unspecified atom stereocenters. The molecule has 0 bridgehead atoms. The second kappa shape index (κ2) is 12.6. The lowest BCUT2D eigenvalue weighted by molar-refractivity contribution is 1.07. The van der Waals surface area contributed by atoms with Crippen molar-refractivity contribution < 1.29 is 0 Å². The van der Waals surface area contributed by atoms with E-state index in [-0.39, 0.29) is 0 Å². The Morgan fingerprint density at radius 2 is 0.807 bits per heavy atom. The molecule has 0 radical (unpaired) electrons. The molecular weight excluding hydrogens is 715 g/mol. The van der Waals surface area contributed by atoms with E-state index >= 15 is 0 Å². The van der Waals surface area contributed by atoms with Gasteiger partial charge in [-0.15, -0.1) is 11.3 Å². The summed E-state index contributed by atoms with van der Waals surface area (Å²) >= 11 is 1.88. The lowest BCUT2D eigenvalue weighted by Crippen LogP contribution is -2.01. The number of thiophene rings is 1. The van der Waals surface area contributed by atoms with E-state index in [1.165, 1.54) is 58.3 Å². The van der Waals surface area contributed by atoms with E-state index in [0.717, 1.165) is 33.6 Å². The number of benzene rings is 8. The van der Waals surface area contributed by atoms with Crippen molar-refractivity contribution in [3.8, 4) is 45.5 Å². The van der Waals surface area contributed by atoms with Gasteiger partial charge in [-0.05, 0) is 42.5 Å². The second-order valence-electron chi connectivity index (χ2n) is 14.4. The maximum atomic E-state index is 5.10. The summed E-state index contributed by atoms with van der Waals surface area (Å²) in [5.74, 6) is 1.92. The van der Waals surface area contributed by atoms with Crippen molar-refractivity contribution in [1.82, 2.24) is 24.1 Å². The Labute approximate surface area is 331 Å². The van der Waals surface area contributed by atoms with Gasteiger partial charge in [0.05, 0.1) is 26.8 Å². The molecular formula is C51H31N5S. The van der Waals surface area contributed by atoms with Gasteiger partial charge in [-0.1, -0.05) is 146 Å². The van der Waals surface area contributed by atoms with Crippen LogP contribution < -0.4 is 0 Å². The maximum absolute atomic E-state index is 5.10. The summed E-state index contributed by atoms with van der Waals surface area (Å²) < 4.78 is 7.48. The van der Waals surface area contributed by atoms with Gasteiger partial charge in [0.25, 0.3) is 0 Å². The molecule has 8 aromatic carbocycles. The minimum absolute atomic E-state index is 0.630. The molecule has 0 aliphatic heterocycles. The molecule has 5 nitrogen and oxygen atoms in total.